The van der Waals surface area contributed by atoms with Gasteiger partial charge in [0.25, 0.3) is 5.56 Å². The van der Waals surface area contributed by atoms with Gasteiger partial charge in [-0.3, -0.25) is 4.79 Å². The second-order valence-electron chi connectivity index (χ2n) is 4.91. The summed E-state index contributed by atoms with van der Waals surface area (Å²) in [4.78, 5) is 29.3. The fourth-order valence-electron chi connectivity index (χ4n) is 2.39. The van der Waals surface area contributed by atoms with Gasteiger partial charge in [-0.15, -0.1) is 0 Å². The Morgan fingerprint density at radius 2 is 1.82 bits per heavy atom. The van der Waals surface area contributed by atoms with E-state index in [2.05, 4.69) is 24.9 Å². The maximum absolute atomic E-state index is 11.1. The van der Waals surface area contributed by atoms with Crippen molar-refractivity contribution in [1.29, 1.82) is 0 Å². The first-order valence-electron chi connectivity index (χ1n) is 6.73. The van der Waals surface area contributed by atoms with Crippen LogP contribution in [0.1, 0.15) is 0 Å². The summed E-state index contributed by atoms with van der Waals surface area (Å²) in [6.45, 7) is 0. The van der Waals surface area contributed by atoms with E-state index < -0.39 is 0 Å². The highest BCUT2D eigenvalue weighted by atomic mass is 16.1. The highest BCUT2D eigenvalue weighted by Gasteiger charge is 2.06. The molecule has 3 heterocycles. The molecule has 4 aromatic rings. The number of hydrogen-bond donors (Lipinski definition) is 2. The summed E-state index contributed by atoms with van der Waals surface area (Å²) >= 11 is 0. The molecule has 22 heavy (non-hydrogen) atoms. The number of benzene rings is 1. The van der Waals surface area contributed by atoms with E-state index in [9.17, 15) is 4.79 Å². The predicted molar refractivity (Wildman–Crippen MR) is 83.2 cm³/mol. The van der Waals surface area contributed by atoms with Crippen molar-refractivity contribution < 1.29 is 0 Å². The monoisotopic (exact) mass is 289 g/mol. The third-order valence-corrected chi connectivity index (χ3v) is 3.46. The normalized spacial score (nSPS) is 10.9. The van der Waals surface area contributed by atoms with Crippen LogP contribution in [0, 0.1) is 0 Å². The van der Waals surface area contributed by atoms with E-state index in [0.717, 1.165) is 33.4 Å². The van der Waals surface area contributed by atoms with Crippen molar-refractivity contribution in [3.8, 4) is 22.5 Å². The van der Waals surface area contributed by atoms with Crippen LogP contribution in [-0.4, -0.2) is 24.9 Å². The van der Waals surface area contributed by atoms with Gasteiger partial charge in [-0.25, -0.2) is 15.0 Å². The molecule has 4 rings (SSSR count). The van der Waals surface area contributed by atoms with Gasteiger partial charge >= 0.3 is 0 Å². The number of aromatic amines is 2. The Bertz CT molecular complexity index is 983. The van der Waals surface area contributed by atoms with E-state index in [4.69, 9.17) is 0 Å². The smallest absolute Gasteiger partial charge is 0.266 e. The number of fused-ring (bicyclic) bond motifs is 1. The average molecular weight is 289 g/mol. The molecule has 0 atom stereocenters. The van der Waals surface area contributed by atoms with Crippen molar-refractivity contribution >= 4 is 10.9 Å². The number of aromatic nitrogens is 5. The zero-order valence-electron chi connectivity index (χ0n) is 11.4. The molecule has 0 saturated heterocycles. The number of hydrogen-bond acceptors (Lipinski definition) is 4. The first kappa shape index (κ1) is 12.5. The molecular formula is C16H11N5O. The summed E-state index contributed by atoms with van der Waals surface area (Å²) in [6.07, 6.45) is 7.93. The van der Waals surface area contributed by atoms with Crippen molar-refractivity contribution in [2.75, 3.05) is 0 Å². The molecule has 0 aliphatic heterocycles. The number of rotatable bonds is 2. The van der Waals surface area contributed by atoms with Crippen LogP contribution in [0.25, 0.3) is 33.4 Å². The topological polar surface area (TPSA) is 87.3 Å². The zero-order chi connectivity index (χ0) is 14.9. The lowest BCUT2D eigenvalue weighted by molar-refractivity contribution is 1.14. The van der Waals surface area contributed by atoms with Crippen molar-refractivity contribution in [2.45, 2.75) is 0 Å². The van der Waals surface area contributed by atoms with Gasteiger partial charge in [0.05, 0.1) is 11.9 Å². The van der Waals surface area contributed by atoms with Gasteiger partial charge in [-0.2, -0.15) is 0 Å². The van der Waals surface area contributed by atoms with Crippen molar-refractivity contribution in [1.82, 2.24) is 24.9 Å². The molecular weight excluding hydrogens is 278 g/mol. The highest BCUT2D eigenvalue weighted by Crippen LogP contribution is 2.26. The van der Waals surface area contributed by atoms with Crippen molar-refractivity contribution in [3.63, 3.8) is 0 Å². The minimum absolute atomic E-state index is 0.210. The fraction of sp³-hybridized carbons (Fsp3) is 0. The third kappa shape index (κ3) is 2.16. The molecule has 0 saturated carbocycles. The molecule has 6 heteroatoms. The van der Waals surface area contributed by atoms with Gasteiger partial charge < -0.3 is 9.97 Å². The lowest BCUT2D eigenvalue weighted by atomic mass is 10.1. The predicted octanol–water partition coefficient (Wildman–Crippen LogP) is 2.38. The molecule has 0 fully saturated rings. The molecule has 6 nitrogen and oxygen atoms in total. The van der Waals surface area contributed by atoms with Crippen molar-refractivity contribution in [3.05, 3.63) is 65.7 Å². The SMILES string of the molecule is O=c1cnc(-c2ccc3[nH]c(-c4cncnc4)cc3c2)c[nH]1. The second-order valence-corrected chi connectivity index (χ2v) is 4.91. The molecule has 0 aliphatic carbocycles. The molecule has 0 amide bonds. The molecule has 0 bridgehead atoms. The Kier molecular flexibility index (Phi) is 2.79. The summed E-state index contributed by atoms with van der Waals surface area (Å²) in [5.41, 5.74) is 4.38. The maximum atomic E-state index is 11.1. The largest absolute Gasteiger partial charge is 0.354 e. The zero-order valence-corrected chi connectivity index (χ0v) is 11.4. The lowest BCUT2D eigenvalue weighted by Crippen LogP contribution is -2.04. The first-order chi connectivity index (χ1) is 10.8. The number of nitrogens with one attached hydrogen (secondary N) is 2. The molecule has 0 radical (unpaired) electrons. The number of H-pyrrole nitrogens is 2. The molecule has 2 N–H and O–H groups in total. The van der Waals surface area contributed by atoms with Crippen molar-refractivity contribution in [2.24, 2.45) is 0 Å². The third-order valence-electron chi connectivity index (χ3n) is 3.46. The molecule has 106 valence electrons. The van der Waals surface area contributed by atoms with Gasteiger partial charge in [-0.1, -0.05) is 6.07 Å². The minimum Gasteiger partial charge on any atom is -0.354 e. The number of nitrogens with zero attached hydrogens (tertiary/aromatic N) is 3. The molecule has 0 aliphatic rings. The van der Waals surface area contributed by atoms with E-state index in [-0.39, 0.29) is 5.56 Å². The second kappa shape index (κ2) is 4.92. The first-order valence-corrected chi connectivity index (χ1v) is 6.73. The Labute approximate surface area is 124 Å². The van der Waals surface area contributed by atoms with Gasteiger partial charge in [0, 0.05) is 46.3 Å². The summed E-state index contributed by atoms with van der Waals surface area (Å²) in [5.74, 6) is 0. The maximum Gasteiger partial charge on any atom is 0.266 e. The van der Waals surface area contributed by atoms with Crippen LogP contribution < -0.4 is 5.56 Å². The fourth-order valence-corrected chi connectivity index (χ4v) is 2.39. The van der Waals surface area contributed by atoms with E-state index in [0.29, 0.717) is 0 Å². The lowest BCUT2D eigenvalue weighted by Gasteiger charge is -1.99. The van der Waals surface area contributed by atoms with Crippen LogP contribution in [0.15, 0.2) is 60.2 Å². The average Bonchev–Trinajstić information content (AvgIpc) is 2.99. The van der Waals surface area contributed by atoms with E-state index in [1.54, 1.807) is 18.6 Å². The summed E-state index contributed by atoms with van der Waals surface area (Å²) in [6, 6.07) is 8.03. The van der Waals surface area contributed by atoms with E-state index in [1.165, 1.54) is 12.5 Å². The van der Waals surface area contributed by atoms with Gasteiger partial charge in [0.1, 0.15) is 6.33 Å². The summed E-state index contributed by atoms with van der Waals surface area (Å²) < 4.78 is 0. The highest BCUT2D eigenvalue weighted by molar-refractivity contribution is 5.89. The Morgan fingerprint density at radius 3 is 2.59 bits per heavy atom. The van der Waals surface area contributed by atoms with Gasteiger partial charge in [-0.05, 0) is 18.2 Å². The molecule has 0 unspecified atom stereocenters. The van der Waals surface area contributed by atoms with Crippen LogP contribution in [0.2, 0.25) is 0 Å². The quantitative estimate of drug-likeness (QED) is 0.593. The van der Waals surface area contributed by atoms with Gasteiger partial charge in [0.15, 0.2) is 0 Å². The Hall–Kier alpha value is -3.28. The van der Waals surface area contributed by atoms with E-state index >= 15 is 0 Å². The van der Waals surface area contributed by atoms with Crippen LogP contribution >= 0.6 is 0 Å². The van der Waals surface area contributed by atoms with Crippen LogP contribution in [0.3, 0.4) is 0 Å². The van der Waals surface area contributed by atoms with Gasteiger partial charge in [0.2, 0.25) is 0 Å². The Balaban J connectivity index is 1.81. The van der Waals surface area contributed by atoms with Crippen LogP contribution in [-0.2, 0) is 0 Å². The van der Waals surface area contributed by atoms with E-state index in [1.807, 2.05) is 24.3 Å². The standard InChI is InChI=1S/C16H11N5O/c22-16-8-19-15(7-20-16)10-1-2-13-11(3-10)4-14(21-13)12-5-17-9-18-6-12/h1-9,21H,(H,20,22). The molecule has 3 aromatic heterocycles. The van der Waals surface area contributed by atoms with Crippen LogP contribution in [0.4, 0.5) is 0 Å². The Morgan fingerprint density at radius 1 is 0.955 bits per heavy atom. The minimum atomic E-state index is -0.210. The molecule has 1 aromatic carbocycles. The van der Waals surface area contributed by atoms with Crippen LogP contribution in [0.5, 0.6) is 0 Å². The molecule has 0 spiro atoms. The summed E-state index contributed by atoms with van der Waals surface area (Å²) in [7, 11) is 0. The summed E-state index contributed by atoms with van der Waals surface area (Å²) in [5, 5.41) is 1.06.